The van der Waals surface area contributed by atoms with Crippen LogP contribution in [0.15, 0.2) is 38.6 Å². The Bertz CT molecular complexity index is 757. The first-order valence-electron chi connectivity index (χ1n) is 7.00. The van der Waals surface area contributed by atoms with E-state index in [0.29, 0.717) is 0 Å². The molecule has 0 N–H and O–H groups in total. The molecule has 2 aliphatic heterocycles. The van der Waals surface area contributed by atoms with Crippen LogP contribution in [0.4, 0.5) is 0 Å². The Hall–Kier alpha value is -1.68. The van der Waals surface area contributed by atoms with Gasteiger partial charge in [-0.2, -0.15) is 0 Å². The van der Waals surface area contributed by atoms with Crippen molar-refractivity contribution in [2.45, 2.75) is 20.3 Å². The third-order valence-corrected chi connectivity index (χ3v) is 5.04. The van der Waals surface area contributed by atoms with Gasteiger partial charge in [-0.25, -0.2) is 0 Å². The van der Waals surface area contributed by atoms with Gasteiger partial charge in [0, 0.05) is 16.8 Å². The highest BCUT2D eigenvalue weighted by Crippen LogP contribution is 2.43. The number of allylic oxidation sites excluding steroid dienone is 1. The van der Waals surface area contributed by atoms with E-state index in [1.165, 1.54) is 26.7 Å². The molecule has 0 unspecified atom stereocenters. The van der Waals surface area contributed by atoms with Gasteiger partial charge in [0.1, 0.15) is 11.3 Å². The quantitative estimate of drug-likeness (QED) is 0.826. The number of nitrogens with zero attached hydrogens (tertiary/aromatic N) is 2. The maximum absolute atomic E-state index is 5.67. The summed E-state index contributed by atoms with van der Waals surface area (Å²) in [6.45, 7) is 6.12. The zero-order valence-electron chi connectivity index (χ0n) is 11.6. The Balaban J connectivity index is 1.86. The van der Waals surface area contributed by atoms with Crippen LogP contribution in [-0.2, 0) is 0 Å². The lowest BCUT2D eigenvalue weighted by atomic mass is 10.1. The number of aliphatic imine (C=N–C) groups is 1. The largest absolute Gasteiger partial charge is 0.461 e. The summed E-state index contributed by atoms with van der Waals surface area (Å²) in [5.74, 6) is 0.964. The van der Waals surface area contributed by atoms with Crippen LogP contribution >= 0.6 is 11.8 Å². The minimum atomic E-state index is 0.913. The van der Waals surface area contributed by atoms with Crippen LogP contribution in [0.2, 0.25) is 0 Å². The number of hydrogen-bond acceptors (Lipinski definition) is 4. The average Bonchev–Trinajstić information content (AvgIpc) is 3.08. The van der Waals surface area contributed by atoms with E-state index < -0.39 is 0 Å². The van der Waals surface area contributed by atoms with Crippen molar-refractivity contribution >= 4 is 33.6 Å². The molecular formula is C16H16N2OS. The zero-order chi connectivity index (χ0) is 13.7. The van der Waals surface area contributed by atoms with Crippen molar-refractivity contribution < 1.29 is 4.42 Å². The lowest BCUT2D eigenvalue weighted by molar-refractivity contribution is 0.578. The Kier molecular flexibility index (Phi) is 2.67. The fourth-order valence-electron chi connectivity index (χ4n) is 2.91. The monoisotopic (exact) mass is 284 g/mol. The summed E-state index contributed by atoms with van der Waals surface area (Å²) in [6.07, 6.45) is 1.05. The highest BCUT2D eigenvalue weighted by Gasteiger charge is 2.32. The highest BCUT2D eigenvalue weighted by molar-refractivity contribution is 8.17. The van der Waals surface area contributed by atoms with E-state index in [2.05, 4.69) is 41.1 Å². The van der Waals surface area contributed by atoms with Crippen LogP contribution in [-0.4, -0.2) is 23.2 Å². The lowest BCUT2D eigenvalue weighted by Gasteiger charge is -2.17. The van der Waals surface area contributed by atoms with Crippen molar-refractivity contribution in [3.05, 3.63) is 40.5 Å². The molecule has 102 valence electrons. The molecule has 0 amide bonds. The Labute approximate surface area is 122 Å². The maximum Gasteiger partial charge on any atom is 0.168 e. The van der Waals surface area contributed by atoms with Crippen molar-refractivity contribution in [3.63, 3.8) is 0 Å². The van der Waals surface area contributed by atoms with Crippen molar-refractivity contribution in [1.29, 1.82) is 0 Å². The summed E-state index contributed by atoms with van der Waals surface area (Å²) >= 11 is 1.83. The second-order valence-electron chi connectivity index (χ2n) is 5.15. The molecule has 1 aromatic carbocycles. The molecule has 0 saturated heterocycles. The molecule has 4 rings (SSSR count). The van der Waals surface area contributed by atoms with E-state index in [1.807, 2.05) is 18.7 Å². The van der Waals surface area contributed by atoms with Gasteiger partial charge in [-0.05, 0) is 43.2 Å². The fraction of sp³-hybridized carbons (Fsp3) is 0.312. The first-order chi connectivity index (χ1) is 9.76. The minimum absolute atomic E-state index is 0.913. The van der Waals surface area contributed by atoms with Crippen LogP contribution in [0.1, 0.15) is 24.7 Å². The molecule has 2 aliphatic rings. The number of hydrogen-bond donors (Lipinski definition) is 0. The van der Waals surface area contributed by atoms with Crippen LogP contribution in [0.5, 0.6) is 0 Å². The van der Waals surface area contributed by atoms with Gasteiger partial charge in [0.15, 0.2) is 5.17 Å². The first kappa shape index (κ1) is 12.1. The summed E-state index contributed by atoms with van der Waals surface area (Å²) in [5.41, 5.74) is 3.58. The highest BCUT2D eigenvalue weighted by atomic mass is 32.2. The molecule has 0 atom stereocenters. The molecule has 2 aromatic rings. The van der Waals surface area contributed by atoms with Crippen molar-refractivity contribution in [2.75, 3.05) is 13.1 Å². The predicted octanol–water partition coefficient (Wildman–Crippen LogP) is 4.24. The van der Waals surface area contributed by atoms with Gasteiger partial charge in [-0.3, -0.25) is 4.99 Å². The molecule has 0 bridgehead atoms. The van der Waals surface area contributed by atoms with Crippen LogP contribution in [0.3, 0.4) is 0 Å². The summed E-state index contributed by atoms with van der Waals surface area (Å²) in [5, 5.41) is 2.35. The van der Waals surface area contributed by atoms with Gasteiger partial charge in [0.05, 0.1) is 12.2 Å². The van der Waals surface area contributed by atoms with Crippen LogP contribution in [0.25, 0.3) is 16.7 Å². The molecule has 1 aromatic heterocycles. The van der Waals surface area contributed by atoms with E-state index in [1.54, 1.807) is 0 Å². The smallest absolute Gasteiger partial charge is 0.168 e. The zero-order valence-corrected chi connectivity index (χ0v) is 12.5. The Morgan fingerprint density at radius 2 is 2.25 bits per heavy atom. The normalized spacial score (nSPS) is 18.1. The molecule has 0 spiro atoms. The molecule has 3 heterocycles. The summed E-state index contributed by atoms with van der Waals surface area (Å²) in [7, 11) is 0. The number of amidine groups is 1. The second kappa shape index (κ2) is 4.42. The van der Waals surface area contributed by atoms with E-state index in [4.69, 9.17) is 4.42 Å². The average molecular weight is 284 g/mol. The number of thioether (sulfide) groups is 1. The SMILES string of the molecule is CCC1=C(c2ccc3oc(C)cc3c2)N2CCN=C2S1. The number of rotatable bonds is 2. The van der Waals surface area contributed by atoms with Gasteiger partial charge >= 0.3 is 0 Å². The van der Waals surface area contributed by atoms with Gasteiger partial charge in [0.2, 0.25) is 0 Å². The van der Waals surface area contributed by atoms with Crippen LogP contribution in [0, 0.1) is 6.92 Å². The third-order valence-electron chi connectivity index (χ3n) is 3.78. The van der Waals surface area contributed by atoms with E-state index in [-0.39, 0.29) is 0 Å². The van der Waals surface area contributed by atoms with Gasteiger partial charge in [0.25, 0.3) is 0 Å². The van der Waals surface area contributed by atoms with Gasteiger partial charge in [-0.1, -0.05) is 18.7 Å². The number of benzene rings is 1. The third kappa shape index (κ3) is 1.71. The molecule has 0 aliphatic carbocycles. The summed E-state index contributed by atoms with van der Waals surface area (Å²) in [6, 6.07) is 8.58. The number of fused-ring (bicyclic) bond motifs is 2. The second-order valence-corrected chi connectivity index (χ2v) is 6.22. The molecule has 4 heteroatoms. The van der Waals surface area contributed by atoms with Gasteiger partial charge in [-0.15, -0.1) is 0 Å². The lowest BCUT2D eigenvalue weighted by Crippen LogP contribution is -2.19. The summed E-state index contributed by atoms with van der Waals surface area (Å²) < 4.78 is 5.67. The molecule has 0 fully saturated rings. The summed E-state index contributed by atoms with van der Waals surface area (Å²) in [4.78, 5) is 8.36. The molecular weight excluding hydrogens is 268 g/mol. The van der Waals surface area contributed by atoms with Crippen molar-refractivity contribution in [3.8, 4) is 0 Å². The predicted molar refractivity (Wildman–Crippen MR) is 84.8 cm³/mol. The standard InChI is InChI=1S/C16H16N2OS/c1-3-14-15(18-7-6-17-16(18)20-14)11-4-5-13-12(9-11)8-10(2)19-13/h4-5,8-9H,3,6-7H2,1-2H3. The molecule has 0 radical (unpaired) electrons. The van der Waals surface area contributed by atoms with Crippen molar-refractivity contribution in [1.82, 2.24) is 4.90 Å². The molecule has 3 nitrogen and oxygen atoms in total. The van der Waals surface area contributed by atoms with E-state index >= 15 is 0 Å². The molecule has 20 heavy (non-hydrogen) atoms. The fourth-order valence-corrected chi connectivity index (χ4v) is 4.05. The Morgan fingerprint density at radius 3 is 3.10 bits per heavy atom. The maximum atomic E-state index is 5.67. The van der Waals surface area contributed by atoms with Gasteiger partial charge < -0.3 is 9.32 Å². The topological polar surface area (TPSA) is 28.7 Å². The Morgan fingerprint density at radius 1 is 1.35 bits per heavy atom. The minimum Gasteiger partial charge on any atom is -0.461 e. The van der Waals surface area contributed by atoms with E-state index in [9.17, 15) is 0 Å². The van der Waals surface area contributed by atoms with E-state index in [0.717, 1.165) is 30.9 Å². The number of aryl methyl sites for hydroxylation is 1. The molecule has 0 saturated carbocycles. The van der Waals surface area contributed by atoms with Crippen molar-refractivity contribution in [2.24, 2.45) is 4.99 Å². The van der Waals surface area contributed by atoms with Crippen LogP contribution < -0.4 is 0 Å². The first-order valence-corrected chi connectivity index (χ1v) is 7.81. The number of furan rings is 1.